The molecule has 1 aromatic rings. The van der Waals surface area contributed by atoms with E-state index in [9.17, 15) is 0 Å². The molecule has 0 unspecified atom stereocenters. The molecule has 1 heterocycles. The Bertz CT molecular complexity index is 369. The summed E-state index contributed by atoms with van der Waals surface area (Å²) in [5.74, 6) is 3.10. The Morgan fingerprint density at radius 2 is 2.17 bits per heavy atom. The molecule has 0 aliphatic heterocycles. The summed E-state index contributed by atoms with van der Waals surface area (Å²) in [6.07, 6.45) is 2.85. The molecule has 102 valence electrons. The highest BCUT2D eigenvalue weighted by Crippen LogP contribution is 2.30. The van der Waals surface area contributed by atoms with E-state index in [1.807, 2.05) is 0 Å². The fourth-order valence-electron chi connectivity index (χ4n) is 2.29. The average molecular weight is 250 g/mol. The van der Waals surface area contributed by atoms with Crippen molar-refractivity contribution in [1.29, 1.82) is 0 Å². The first-order chi connectivity index (χ1) is 8.72. The Balaban J connectivity index is 1.91. The maximum absolute atomic E-state index is 5.79. The van der Waals surface area contributed by atoms with Gasteiger partial charge in [0, 0.05) is 18.7 Å². The van der Waals surface area contributed by atoms with E-state index >= 15 is 0 Å². The Kier molecular flexibility index (Phi) is 4.84. The molecule has 1 aliphatic carbocycles. The lowest BCUT2D eigenvalue weighted by Gasteiger charge is -2.19. The summed E-state index contributed by atoms with van der Waals surface area (Å²) in [5.41, 5.74) is 1.35. The third-order valence-electron chi connectivity index (χ3n) is 3.68. The zero-order valence-corrected chi connectivity index (χ0v) is 12.0. The monoisotopic (exact) mass is 250 g/mol. The average Bonchev–Trinajstić information content (AvgIpc) is 3.11. The number of rotatable bonds is 8. The predicted octanol–water partition coefficient (Wildman–Crippen LogP) is 2.93. The number of nitrogens with one attached hydrogen (secondary N) is 1. The van der Waals surface area contributed by atoms with Gasteiger partial charge in [-0.1, -0.05) is 13.8 Å². The summed E-state index contributed by atoms with van der Waals surface area (Å²) >= 11 is 0. The molecule has 0 radical (unpaired) electrons. The minimum absolute atomic E-state index is 0.839. The van der Waals surface area contributed by atoms with E-state index in [-0.39, 0.29) is 0 Å². The standard InChI is InChI=1S/C15H26N2O/c1-4-16-9-15-8-14(12(3)18-15)11-17(5-2)10-13-6-7-13/h8,13,16H,4-7,9-11H2,1-3H3. The second-order valence-corrected chi connectivity index (χ2v) is 5.35. The van der Waals surface area contributed by atoms with Crippen LogP contribution in [0, 0.1) is 12.8 Å². The smallest absolute Gasteiger partial charge is 0.118 e. The minimum atomic E-state index is 0.839. The highest BCUT2D eigenvalue weighted by molar-refractivity contribution is 5.20. The van der Waals surface area contributed by atoms with E-state index in [1.165, 1.54) is 24.9 Å². The van der Waals surface area contributed by atoms with Crippen LogP contribution in [0.4, 0.5) is 0 Å². The van der Waals surface area contributed by atoms with Crippen LogP contribution in [-0.2, 0) is 13.1 Å². The normalized spacial score (nSPS) is 15.6. The van der Waals surface area contributed by atoms with E-state index in [0.29, 0.717) is 0 Å². The number of aryl methyl sites for hydroxylation is 1. The molecule has 1 aromatic heterocycles. The van der Waals surface area contributed by atoms with Crippen LogP contribution in [0.3, 0.4) is 0 Å². The van der Waals surface area contributed by atoms with Crippen molar-refractivity contribution in [3.8, 4) is 0 Å². The molecule has 0 amide bonds. The molecule has 1 fully saturated rings. The molecule has 3 nitrogen and oxygen atoms in total. The molecule has 1 saturated carbocycles. The Labute approximate surface area is 111 Å². The number of furan rings is 1. The summed E-state index contributed by atoms with van der Waals surface area (Å²) in [4.78, 5) is 2.53. The van der Waals surface area contributed by atoms with Gasteiger partial charge in [-0.15, -0.1) is 0 Å². The van der Waals surface area contributed by atoms with Crippen molar-refractivity contribution in [3.63, 3.8) is 0 Å². The summed E-state index contributed by atoms with van der Waals surface area (Å²) in [7, 11) is 0. The lowest BCUT2D eigenvalue weighted by Crippen LogP contribution is -2.25. The van der Waals surface area contributed by atoms with Crippen molar-refractivity contribution < 1.29 is 4.42 Å². The maximum atomic E-state index is 5.79. The highest BCUT2D eigenvalue weighted by atomic mass is 16.3. The molecule has 1 N–H and O–H groups in total. The Hall–Kier alpha value is -0.800. The van der Waals surface area contributed by atoms with Gasteiger partial charge in [-0.3, -0.25) is 4.90 Å². The number of hydrogen-bond acceptors (Lipinski definition) is 3. The fraction of sp³-hybridized carbons (Fsp3) is 0.733. The van der Waals surface area contributed by atoms with Gasteiger partial charge in [-0.2, -0.15) is 0 Å². The van der Waals surface area contributed by atoms with Crippen LogP contribution in [0.2, 0.25) is 0 Å². The largest absolute Gasteiger partial charge is 0.465 e. The summed E-state index contributed by atoms with van der Waals surface area (Å²) in [6, 6.07) is 2.22. The second kappa shape index (κ2) is 6.39. The predicted molar refractivity (Wildman–Crippen MR) is 74.5 cm³/mol. The third-order valence-corrected chi connectivity index (χ3v) is 3.68. The van der Waals surface area contributed by atoms with E-state index in [0.717, 1.165) is 43.6 Å². The first-order valence-corrected chi connectivity index (χ1v) is 7.24. The Morgan fingerprint density at radius 1 is 1.39 bits per heavy atom. The third kappa shape index (κ3) is 3.85. The van der Waals surface area contributed by atoms with Crippen LogP contribution in [-0.4, -0.2) is 24.5 Å². The van der Waals surface area contributed by atoms with E-state index < -0.39 is 0 Å². The Morgan fingerprint density at radius 3 is 2.78 bits per heavy atom. The molecule has 0 spiro atoms. The van der Waals surface area contributed by atoms with Crippen molar-refractivity contribution in [2.24, 2.45) is 5.92 Å². The van der Waals surface area contributed by atoms with Crippen molar-refractivity contribution in [2.75, 3.05) is 19.6 Å². The fourth-order valence-corrected chi connectivity index (χ4v) is 2.29. The van der Waals surface area contributed by atoms with Crippen LogP contribution in [0.15, 0.2) is 10.5 Å². The molecule has 0 aromatic carbocycles. The summed E-state index contributed by atoms with van der Waals surface area (Å²) < 4.78 is 5.79. The van der Waals surface area contributed by atoms with Gasteiger partial charge in [-0.05, 0) is 44.8 Å². The SMILES string of the molecule is CCNCc1cc(CN(CC)CC2CC2)c(C)o1. The molecular weight excluding hydrogens is 224 g/mol. The number of nitrogens with zero attached hydrogens (tertiary/aromatic N) is 1. The molecule has 0 saturated heterocycles. The van der Waals surface area contributed by atoms with Crippen molar-refractivity contribution in [2.45, 2.75) is 46.7 Å². The lowest BCUT2D eigenvalue weighted by atomic mass is 10.2. The first kappa shape index (κ1) is 13.6. The molecule has 1 aliphatic rings. The number of hydrogen-bond donors (Lipinski definition) is 1. The van der Waals surface area contributed by atoms with Crippen LogP contribution in [0.25, 0.3) is 0 Å². The first-order valence-electron chi connectivity index (χ1n) is 7.24. The molecule has 0 atom stereocenters. The molecule has 3 heteroatoms. The van der Waals surface area contributed by atoms with Gasteiger partial charge in [0.2, 0.25) is 0 Å². The van der Waals surface area contributed by atoms with Gasteiger partial charge >= 0.3 is 0 Å². The zero-order valence-electron chi connectivity index (χ0n) is 12.0. The van der Waals surface area contributed by atoms with Gasteiger partial charge in [0.15, 0.2) is 0 Å². The van der Waals surface area contributed by atoms with Crippen LogP contribution < -0.4 is 5.32 Å². The van der Waals surface area contributed by atoms with Gasteiger partial charge in [0.25, 0.3) is 0 Å². The molecule has 18 heavy (non-hydrogen) atoms. The van der Waals surface area contributed by atoms with Crippen LogP contribution in [0.5, 0.6) is 0 Å². The van der Waals surface area contributed by atoms with Gasteiger partial charge in [0.05, 0.1) is 6.54 Å². The maximum Gasteiger partial charge on any atom is 0.118 e. The lowest BCUT2D eigenvalue weighted by molar-refractivity contribution is 0.266. The van der Waals surface area contributed by atoms with E-state index in [2.05, 4.69) is 37.1 Å². The topological polar surface area (TPSA) is 28.4 Å². The molecular formula is C15H26N2O. The minimum Gasteiger partial charge on any atom is -0.465 e. The quantitative estimate of drug-likeness (QED) is 0.769. The van der Waals surface area contributed by atoms with Gasteiger partial charge < -0.3 is 9.73 Å². The van der Waals surface area contributed by atoms with Crippen molar-refractivity contribution in [1.82, 2.24) is 10.2 Å². The highest BCUT2D eigenvalue weighted by Gasteiger charge is 2.24. The van der Waals surface area contributed by atoms with Crippen LogP contribution in [0.1, 0.15) is 43.8 Å². The van der Waals surface area contributed by atoms with E-state index in [4.69, 9.17) is 4.42 Å². The van der Waals surface area contributed by atoms with Gasteiger partial charge in [-0.25, -0.2) is 0 Å². The van der Waals surface area contributed by atoms with Gasteiger partial charge in [0.1, 0.15) is 11.5 Å². The molecule has 2 rings (SSSR count). The molecule has 0 bridgehead atoms. The van der Waals surface area contributed by atoms with Crippen LogP contribution >= 0.6 is 0 Å². The zero-order chi connectivity index (χ0) is 13.0. The van der Waals surface area contributed by atoms with E-state index in [1.54, 1.807) is 0 Å². The van der Waals surface area contributed by atoms with Crippen molar-refractivity contribution >= 4 is 0 Å². The summed E-state index contributed by atoms with van der Waals surface area (Å²) in [5, 5.41) is 3.31. The van der Waals surface area contributed by atoms with Crippen molar-refractivity contribution in [3.05, 3.63) is 23.2 Å². The second-order valence-electron chi connectivity index (χ2n) is 5.35. The summed E-state index contributed by atoms with van der Waals surface area (Å²) in [6.45, 7) is 11.7.